The molecular formula is C19H23N9O. The van der Waals surface area contributed by atoms with E-state index in [1.165, 1.54) is 0 Å². The largest absolute Gasteiger partial charge is 0.329 e. The molecule has 2 saturated heterocycles. The lowest BCUT2D eigenvalue weighted by Crippen LogP contribution is -2.45. The predicted molar refractivity (Wildman–Crippen MR) is 107 cm³/mol. The Kier molecular flexibility index (Phi) is 4.32. The van der Waals surface area contributed by atoms with Crippen molar-refractivity contribution in [3.05, 3.63) is 28.4 Å². The minimum Gasteiger partial charge on any atom is -0.322 e. The summed E-state index contributed by atoms with van der Waals surface area (Å²) in [6.45, 7) is 2.74. The van der Waals surface area contributed by atoms with Crippen LogP contribution in [0.4, 0.5) is 11.6 Å². The number of nitriles is 1. The summed E-state index contributed by atoms with van der Waals surface area (Å²) < 4.78 is 1.77. The maximum atomic E-state index is 12.7. The second kappa shape index (κ2) is 7.00. The van der Waals surface area contributed by atoms with E-state index < -0.39 is 0 Å². The molecule has 150 valence electrons. The highest BCUT2D eigenvalue weighted by Crippen LogP contribution is 2.41. The van der Waals surface area contributed by atoms with Crippen molar-refractivity contribution in [1.29, 1.82) is 5.26 Å². The highest BCUT2D eigenvalue weighted by Gasteiger charge is 2.41. The van der Waals surface area contributed by atoms with Gasteiger partial charge in [0, 0.05) is 42.9 Å². The average Bonchev–Trinajstić information content (AvgIpc) is 3.32. The number of rotatable bonds is 5. The molecule has 5 heterocycles. The first-order valence-electron chi connectivity index (χ1n) is 10.0. The van der Waals surface area contributed by atoms with Crippen LogP contribution >= 0.6 is 0 Å². The summed E-state index contributed by atoms with van der Waals surface area (Å²) >= 11 is 0. The standard InChI is InChI=1S/C19H23N9O/c1-11-7-15(26-25-11)22-16-10-21-17-18(23-16)28(19(29)24-17)14-8-12-3-4-13(9-14)27(12)6-2-5-20/h7,10,12-14H,2-4,6,8-9H2,1H3,(H,21,24,29)(H2,22,23,25,26)/t12-,13+,14?. The number of piperidine rings is 1. The SMILES string of the molecule is Cc1cc(Nc2cnc3[nH]c(=O)n(C4C[C@H]5CC[C@@H](C4)N5CCC#N)c3n2)n[nH]1. The van der Waals surface area contributed by atoms with Crippen molar-refractivity contribution in [2.75, 3.05) is 11.9 Å². The van der Waals surface area contributed by atoms with Crippen LogP contribution in [0.2, 0.25) is 0 Å². The molecule has 1 unspecified atom stereocenters. The minimum atomic E-state index is -0.164. The Morgan fingerprint density at radius 2 is 2.07 bits per heavy atom. The lowest BCUT2D eigenvalue weighted by molar-refractivity contribution is 0.109. The third kappa shape index (κ3) is 3.17. The van der Waals surface area contributed by atoms with E-state index in [0.717, 1.165) is 37.9 Å². The monoisotopic (exact) mass is 393 g/mol. The van der Waals surface area contributed by atoms with Crippen molar-refractivity contribution in [1.82, 2.24) is 34.6 Å². The van der Waals surface area contributed by atoms with E-state index in [4.69, 9.17) is 5.26 Å². The number of nitrogens with one attached hydrogen (secondary N) is 3. The van der Waals surface area contributed by atoms with Crippen molar-refractivity contribution in [2.24, 2.45) is 0 Å². The molecule has 3 N–H and O–H groups in total. The quantitative estimate of drug-likeness (QED) is 0.604. The van der Waals surface area contributed by atoms with Gasteiger partial charge in [-0.3, -0.25) is 19.5 Å². The average molecular weight is 393 g/mol. The summed E-state index contributed by atoms with van der Waals surface area (Å²) in [5.41, 5.74) is 1.85. The predicted octanol–water partition coefficient (Wildman–Crippen LogP) is 1.98. The second-order valence-electron chi connectivity index (χ2n) is 7.94. The summed E-state index contributed by atoms with van der Waals surface area (Å²) in [7, 11) is 0. The van der Waals surface area contributed by atoms with Crippen LogP contribution in [0.15, 0.2) is 17.1 Å². The summed E-state index contributed by atoms with van der Waals surface area (Å²) in [6.07, 6.45) is 6.19. The molecule has 0 aromatic carbocycles. The fraction of sp³-hybridized carbons (Fsp3) is 0.526. The Labute approximate surface area is 167 Å². The Morgan fingerprint density at radius 1 is 1.28 bits per heavy atom. The second-order valence-corrected chi connectivity index (χ2v) is 7.94. The van der Waals surface area contributed by atoms with Gasteiger partial charge in [-0.2, -0.15) is 10.4 Å². The molecular weight excluding hydrogens is 370 g/mol. The van der Waals surface area contributed by atoms with Crippen molar-refractivity contribution < 1.29 is 0 Å². The number of aromatic amines is 2. The molecule has 5 rings (SSSR count). The number of aryl methyl sites for hydroxylation is 1. The summed E-state index contributed by atoms with van der Waals surface area (Å²) in [4.78, 5) is 27.1. The van der Waals surface area contributed by atoms with Gasteiger partial charge in [-0.25, -0.2) is 14.8 Å². The molecule has 2 aliphatic heterocycles. The molecule has 2 fully saturated rings. The third-order valence-corrected chi connectivity index (χ3v) is 6.09. The van der Waals surface area contributed by atoms with Crippen LogP contribution < -0.4 is 11.0 Å². The third-order valence-electron chi connectivity index (χ3n) is 6.09. The lowest BCUT2D eigenvalue weighted by Gasteiger charge is -2.38. The van der Waals surface area contributed by atoms with Gasteiger partial charge in [-0.1, -0.05) is 0 Å². The van der Waals surface area contributed by atoms with Gasteiger partial charge in [-0.05, 0) is 32.6 Å². The molecule has 0 saturated carbocycles. The van der Waals surface area contributed by atoms with E-state index >= 15 is 0 Å². The van der Waals surface area contributed by atoms with Crippen molar-refractivity contribution in [3.63, 3.8) is 0 Å². The zero-order valence-electron chi connectivity index (χ0n) is 16.2. The molecule has 3 aromatic rings. The highest BCUT2D eigenvalue weighted by molar-refractivity contribution is 5.69. The number of nitrogens with zero attached hydrogens (tertiary/aromatic N) is 6. The van der Waals surface area contributed by atoms with Gasteiger partial charge < -0.3 is 5.32 Å². The Balaban J connectivity index is 1.44. The van der Waals surface area contributed by atoms with Gasteiger partial charge >= 0.3 is 5.69 Å². The molecule has 2 aliphatic rings. The number of H-pyrrole nitrogens is 2. The Morgan fingerprint density at radius 3 is 2.76 bits per heavy atom. The van der Waals surface area contributed by atoms with Gasteiger partial charge in [0.1, 0.15) is 0 Å². The molecule has 10 nitrogen and oxygen atoms in total. The first-order valence-corrected chi connectivity index (χ1v) is 10.0. The number of hydrogen-bond donors (Lipinski definition) is 3. The van der Waals surface area contributed by atoms with Crippen LogP contribution in [-0.2, 0) is 0 Å². The van der Waals surface area contributed by atoms with Crippen molar-refractivity contribution in [2.45, 2.75) is 57.2 Å². The molecule has 0 amide bonds. The van der Waals surface area contributed by atoms with Crippen LogP contribution in [0.25, 0.3) is 11.3 Å². The zero-order valence-corrected chi connectivity index (χ0v) is 16.2. The van der Waals surface area contributed by atoms with Crippen LogP contribution in [-0.4, -0.2) is 53.2 Å². The number of hydrogen-bond acceptors (Lipinski definition) is 7. The molecule has 29 heavy (non-hydrogen) atoms. The first-order chi connectivity index (χ1) is 14.1. The summed E-state index contributed by atoms with van der Waals surface area (Å²) in [5, 5.41) is 19.1. The topological polar surface area (TPSA) is 131 Å². The lowest BCUT2D eigenvalue weighted by atomic mass is 9.97. The van der Waals surface area contributed by atoms with Gasteiger partial charge in [0.05, 0.1) is 12.3 Å². The summed E-state index contributed by atoms with van der Waals surface area (Å²) in [6, 6.07) is 5.06. The summed E-state index contributed by atoms with van der Waals surface area (Å²) in [5.74, 6) is 1.20. The van der Waals surface area contributed by atoms with Gasteiger partial charge in [-0.15, -0.1) is 0 Å². The number of imidazole rings is 1. The van der Waals surface area contributed by atoms with E-state index in [2.05, 4.69) is 41.4 Å². The van der Waals surface area contributed by atoms with Crippen LogP contribution in [0.1, 0.15) is 43.8 Å². The molecule has 0 radical (unpaired) electrons. The zero-order chi connectivity index (χ0) is 20.0. The van der Waals surface area contributed by atoms with E-state index in [0.29, 0.717) is 41.4 Å². The van der Waals surface area contributed by atoms with Crippen LogP contribution in [0, 0.1) is 18.3 Å². The smallest absolute Gasteiger partial charge is 0.322 e. The first kappa shape index (κ1) is 17.9. The molecule has 0 spiro atoms. The Bertz CT molecular complexity index is 1120. The van der Waals surface area contributed by atoms with E-state index in [1.807, 2.05) is 13.0 Å². The molecule has 3 aromatic heterocycles. The van der Waals surface area contributed by atoms with E-state index in [1.54, 1.807) is 10.8 Å². The molecule has 0 aliphatic carbocycles. The molecule has 2 bridgehead atoms. The van der Waals surface area contributed by atoms with E-state index in [9.17, 15) is 4.79 Å². The Hall–Kier alpha value is -3.19. The van der Waals surface area contributed by atoms with Crippen LogP contribution in [0.3, 0.4) is 0 Å². The maximum absolute atomic E-state index is 12.7. The minimum absolute atomic E-state index is 0.0873. The van der Waals surface area contributed by atoms with Gasteiger partial charge in [0.15, 0.2) is 22.9 Å². The maximum Gasteiger partial charge on any atom is 0.329 e. The van der Waals surface area contributed by atoms with E-state index in [-0.39, 0.29) is 11.7 Å². The van der Waals surface area contributed by atoms with Crippen molar-refractivity contribution >= 4 is 22.9 Å². The van der Waals surface area contributed by atoms with Crippen molar-refractivity contribution in [3.8, 4) is 6.07 Å². The molecule has 3 atom stereocenters. The fourth-order valence-corrected chi connectivity index (χ4v) is 4.91. The number of fused-ring (bicyclic) bond motifs is 3. The van der Waals surface area contributed by atoms with Gasteiger partial charge in [0.25, 0.3) is 0 Å². The number of anilines is 2. The number of aromatic nitrogens is 6. The highest BCUT2D eigenvalue weighted by atomic mass is 16.1. The molecule has 10 heteroatoms. The fourth-order valence-electron chi connectivity index (χ4n) is 4.91. The van der Waals surface area contributed by atoms with Crippen LogP contribution in [0.5, 0.6) is 0 Å². The normalized spacial score (nSPS) is 24.1. The van der Waals surface area contributed by atoms with Gasteiger partial charge in [0.2, 0.25) is 0 Å².